The lowest BCUT2D eigenvalue weighted by molar-refractivity contribution is -0.122. The molecular weight excluding hydrogens is 192 g/mol. The third-order valence-electron chi connectivity index (χ3n) is 2.09. The van der Waals surface area contributed by atoms with Crippen LogP contribution in [0.1, 0.15) is 39.5 Å². The quantitative estimate of drug-likeness (QED) is 0.566. The minimum Gasteiger partial charge on any atom is -0.380 e. The molecule has 4 heteroatoms. The van der Waals surface area contributed by atoms with E-state index in [0.29, 0.717) is 26.2 Å². The number of nitrogens with one attached hydrogen (secondary N) is 1. The Balaban J connectivity index is 3.38. The van der Waals surface area contributed by atoms with Crippen LogP contribution in [0, 0.1) is 0 Å². The average Bonchev–Trinajstić information content (AvgIpc) is 2.21. The number of rotatable bonds is 9. The van der Waals surface area contributed by atoms with Crippen LogP contribution >= 0.6 is 0 Å². The van der Waals surface area contributed by atoms with Gasteiger partial charge in [-0.3, -0.25) is 4.79 Å². The molecule has 0 aromatic rings. The molecule has 0 fully saturated rings. The number of unbranched alkanes of at least 4 members (excludes halogenated alkanes) is 2. The van der Waals surface area contributed by atoms with Gasteiger partial charge in [-0.2, -0.15) is 0 Å². The fraction of sp³-hybridized carbons (Fsp3) is 0.909. The molecule has 0 aromatic carbocycles. The fourth-order valence-corrected chi connectivity index (χ4v) is 1.29. The molecule has 3 N–H and O–H groups in total. The van der Waals surface area contributed by atoms with Crippen molar-refractivity contribution in [2.75, 3.05) is 19.8 Å². The molecule has 1 unspecified atom stereocenters. The molecule has 1 amide bonds. The molecule has 90 valence electrons. The topological polar surface area (TPSA) is 64.3 Å². The van der Waals surface area contributed by atoms with Gasteiger partial charge < -0.3 is 15.8 Å². The van der Waals surface area contributed by atoms with Crippen molar-refractivity contribution < 1.29 is 9.53 Å². The van der Waals surface area contributed by atoms with Crippen LogP contribution in [0.2, 0.25) is 0 Å². The van der Waals surface area contributed by atoms with Crippen LogP contribution in [0.4, 0.5) is 0 Å². The summed E-state index contributed by atoms with van der Waals surface area (Å²) in [5, 5.41) is 2.90. The molecule has 0 radical (unpaired) electrons. The summed E-state index contributed by atoms with van der Waals surface area (Å²) in [5.41, 5.74) is 5.36. The molecule has 0 saturated heterocycles. The minimum atomic E-state index is 0.104. The van der Waals surface area contributed by atoms with Gasteiger partial charge in [0.25, 0.3) is 0 Å². The van der Waals surface area contributed by atoms with Crippen LogP contribution in [-0.4, -0.2) is 31.7 Å². The van der Waals surface area contributed by atoms with Crippen molar-refractivity contribution in [3.63, 3.8) is 0 Å². The van der Waals surface area contributed by atoms with Gasteiger partial charge in [0, 0.05) is 19.1 Å². The minimum absolute atomic E-state index is 0.104. The van der Waals surface area contributed by atoms with Gasteiger partial charge in [0.15, 0.2) is 0 Å². The Hall–Kier alpha value is -0.610. The first-order valence-electron chi connectivity index (χ1n) is 5.77. The lowest BCUT2D eigenvalue weighted by atomic mass is 10.2. The highest BCUT2D eigenvalue weighted by molar-refractivity contribution is 5.76. The van der Waals surface area contributed by atoms with E-state index < -0.39 is 0 Å². The number of carbonyl (C=O) groups is 1. The third-order valence-corrected chi connectivity index (χ3v) is 2.09. The summed E-state index contributed by atoms with van der Waals surface area (Å²) in [4.78, 5) is 11.4. The molecule has 0 spiro atoms. The Kier molecular flexibility index (Phi) is 9.52. The van der Waals surface area contributed by atoms with E-state index in [1.807, 2.05) is 13.8 Å². The van der Waals surface area contributed by atoms with Gasteiger partial charge in [-0.25, -0.2) is 0 Å². The Morgan fingerprint density at radius 2 is 2.13 bits per heavy atom. The Bertz CT molecular complexity index is 163. The molecule has 0 rings (SSSR count). The zero-order valence-electron chi connectivity index (χ0n) is 9.92. The summed E-state index contributed by atoms with van der Waals surface area (Å²) in [5.74, 6) is 0.110. The number of ether oxygens (including phenoxy) is 1. The van der Waals surface area contributed by atoms with E-state index in [1.54, 1.807) is 0 Å². The summed E-state index contributed by atoms with van der Waals surface area (Å²) >= 11 is 0. The highest BCUT2D eigenvalue weighted by Gasteiger charge is 2.06. The number of nitrogens with two attached hydrogens (primary N) is 1. The summed E-state index contributed by atoms with van der Waals surface area (Å²) in [6.07, 6.45) is 3.55. The Morgan fingerprint density at radius 3 is 2.73 bits per heavy atom. The van der Waals surface area contributed by atoms with Crippen molar-refractivity contribution in [3.05, 3.63) is 0 Å². The maximum absolute atomic E-state index is 11.4. The van der Waals surface area contributed by atoms with E-state index in [4.69, 9.17) is 10.5 Å². The first-order chi connectivity index (χ1) is 7.20. The molecule has 0 aliphatic carbocycles. The van der Waals surface area contributed by atoms with E-state index in [1.165, 1.54) is 0 Å². The Labute approximate surface area is 92.6 Å². The molecule has 0 bridgehead atoms. The van der Waals surface area contributed by atoms with E-state index in [0.717, 1.165) is 19.3 Å². The molecule has 1 atom stereocenters. The lowest BCUT2D eigenvalue weighted by Crippen LogP contribution is -2.35. The van der Waals surface area contributed by atoms with Crippen molar-refractivity contribution in [2.24, 2.45) is 5.73 Å². The second-order valence-electron chi connectivity index (χ2n) is 3.73. The zero-order valence-corrected chi connectivity index (χ0v) is 9.92. The van der Waals surface area contributed by atoms with Gasteiger partial charge in [-0.1, -0.05) is 6.42 Å². The lowest BCUT2D eigenvalue weighted by Gasteiger charge is -2.13. The largest absolute Gasteiger partial charge is 0.380 e. The molecular formula is C11H24N2O2. The predicted molar refractivity (Wildman–Crippen MR) is 61.6 cm³/mol. The van der Waals surface area contributed by atoms with E-state index in [9.17, 15) is 4.79 Å². The molecule has 4 nitrogen and oxygen atoms in total. The fourth-order valence-electron chi connectivity index (χ4n) is 1.29. The van der Waals surface area contributed by atoms with Crippen molar-refractivity contribution in [2.45, 2.75) is 45.6 Å². The zero-order chi connectivity index (χ0) is 11.5. The van der Waals surface area contributed by atoms with Gasteiger partial charge in [0.2, 0.25) is 5.91 Å². The van der Waals surface area contributed by atoms with E-state index in [2.05, 4.69) is 5.32 Å². The molecule has 15 heavy (non-hydrogen) atoms. The molecule has 0 aromatic heterocycles. The Morgan fingerprint density at radius 1 is 1.40 bits per heavy atom. The second-order valence-corrected chi connectivity index (χ2v) is 3.73. The smallest absolute Gasteiger partial charge is 0.220 e. The normalized spacial score (nSPS) is 12.5. The second kappa shape index (κ2) is 9.93. The standard InChI is InChI=1S/C11H24N2O2/c1-3-15-9-10(2)13-11(14)7-5-4-6-8-12/h10H,3-9,12H2,1-2H3,(H,13,14). The maximum atomic E-state index is 11.4. The van der Waals surface area contributed by atoms with Crippen LogP contribution in [0.3, 0.4) is 0 Å². The SMILES string of the molecule is CCOCC(C)NC(=O)CCCCCN. The molecule has 0 aliphatic heterocycles. The average molecular weight is 216 g/mol. The highest BCUT2D eigenvalue weighted by Crippen LogP contribution is 1.98. The summed E-state index contributed by atoms with van der Waals surface area (Å²) in [6, 6.07) is 0.104. The molecule has 0 aliphatic rings. The molecule has 0 heterocycles. The van der Waals surface area contributed by atoms with Crippen LogP contribution in [0.5, 0.6) is 0 Å². The summed E-state index contributed by atoms with van der Waals surface area (Å²) in [6.45, 7) is 5.89. The summed E-state index contributed by atoms with van der Waals surface area (Å²) in [7, 11) is 0. The predicted octanol–water partition coefficient (Wildman–Crippen LogP) is 1.05. The van der Waals surface area contributed by atoms with Gasteiger partial charge in [-0.05, 0) is 33.2 Å². The van der Waals surface area contributed by atoms with E-state index in [-0.39, 0.29) is 11.9 Å². The number of hydrogen-bond donors (Lipinski definition) is 2. The summed E-state index contributed by atoms with van der Waals surface area (Å²) < 4.78 is 5.21. The number of hydrogen-bond acceptors (Lipinski definition) is 3. The van der Waals surface area contributed by atoms with Gasteiger partial charge >= 0.3 is 0 Å². The van der Waals surface area contributed by atoms with Gasteiger partial charge in [0.05, 0.1) is 6.61 Å². The van der Waals surface area contributed by atoms with Crippen LogP contribution in [0.25, 0.3) is 0 Å². The first-order valence-corrected chi connectivity index (χ1v) is 5.77. The highest BCUT2D eigenvalue weighted by atomic mass is 16.5. The van der Waals surface area contributed by atoms with Crippen molar-refractivity contribution in [1.82, 2.24) is 5.32 Å². The molecule has 0 saturated carbocycles. The van der Waals surface area contributed by atoms with Crippen molar-refractivity contribution >= 4 is 5.91 Å². The van der Waals surface area contributed by atoms with Gasteiger partial charge in [-0.15, -0.1) is 0 Å². The third kappa shape index (κ3) is 9.69. The first kappa shape index (κ1) is 14.4. The number of carbonyl (C=O) groups excluding carboxylic acids is 1. The van der Waals surface area contributed by atoms with Gasteiger partial charge in [0.1, 0.15) is 0 Å². The maximum Gasteiger partial charge on any atom is 0.220 e. The van der Waals surface area contributed by atoms with Crippen LogP contribution < -0.4 is 11.1 Å². The number of amides is 1. The van der Waals surface area contributed by atoms with Crippen LogP contribution in [0.15, 0.2) is 0 Å². The van der Waals surface area contributed by atoms with Crippen LogP contribution in [-0.2, 0) is 9.53 Å². The van der Waals surface area contributed by atoms with Crippen molar-refractivity contribution in [1.29, 1.82) is 0 Å². The van der Waals surface area contributed by atoms with Crippen molar-refractivity contribution in [3.8, 4) is 0 Å². The van der Waals surface area contributed by atoms with E-state index >= 15 is 0 Å². The monoisotopic (exact) mass is 216 g/mol.